The summed E-state index contributed by atoms with van der Waals surface area (Å²) in [6.07, 6.45) is -1.27. The molecule has 1 unspecified atom stereocenters. The SMILES string of the molecule is Cc1nnsc1C(O)C(N)=O. The zero-order valence-corrected chi connectivity index (χ0v) is 6.63. The van der Waals surface area contributed by atoms with Crippen LogP contribution in [0, 0.1) is 6.92 Å². The van der Waals surface area contributed by atoms with E-state index < -0.39 is 12.0 Å². The number of hydrogen-bond donors (Lipinski definition) is 2. The van der Waals surface area contributed by atoms with Crippen molar-refractivity contribution in [1.82, 2.24) is 9.59 Å². The van der Waals surface area contributed by atoms with Crippen LogP contribution in [0.25, 0.3) is 0 Å². The predicted molar refractivity (Wildman–Crippen MR) is 38.8 cm³/mol. The van der Waals surface area contributed by atoms with Gasteiger partial charge in [0, 0.05) is 0 Å². The first-order chi connectivity index (χ1) is 5.13. The minimum Gasteiger partial charge on any atom is -0.378 e. The molecule has 6 heteroatoms. The molecule has 1 rings (SSSR count). The number of nitrogens with two attached hydrogens (primary N) is 1. The second-order valence-corrected chi connectivity index (χ2v) is 2.81. The summed E-state index contributed by atoms with van der Waals surface area (Å²) in [5.74, 6) is -0.779. The molecule has 0 saturated carbocycles. The maximum Gasteiger partial charge on any atom is 0.251 e. The quantitative estimate of drug-likeness (QED) is 0.622. The summed E-state index contributed by atoms with van der Waals surface area (Å²) in [5.41, 5.74) is 5.40. The highest BCUT2D eigenvalue weighted by Crippen LogP contribution is 2.18. The molecule has 1 amide bonds. The molecule has 0 aliphatic rings. The van der Waals surface area contributed by atoms with E-state index in [9.17, 15) is 4.79 Å². The fraction of sp³-hybridized carbons (Fsp3) is 0.400. The maximum absolute atomic E-state index is 10.5. The van der Waals surface area contributed by atoms with E-state index in [0.29, 0.717) is 10.6 Å². The van der Waals surface area contributed by atoms with Crippen molar-refractivity contribution in [3.8, 4) is 0 Å². The predicted octanol–water partition coefficient (Wildman–Crippen LogP) is -0.635. The summed E-state index contributed by atoms with van der Waals surface area (Å²) in [6, 6.07) is 0. The summed E-state index contributed by atoms with van der Waals surface area (Å²) in [5, 5.41) is 12.7. The van der Waals surface area contributed by atoms with Gasteiger partial charge < -0.3 is 10.8 Å². The molecule has 11 heavy (non-hydrogen) atoms. The van der Waals surface area contributed by atoms with Gasteiger partial charge in [-0.3, -0.25) is 4.79 Å². The molecule has 0 aliphatic carbocycles. The first kappa shape index (κ1) is 8.09. The van der Waals surface area contributed by atoms with Gasteiger partial charge in [-0.2, -0.15) is 0 Å². The topological polar surface area (TPSA) is 89.1 Å². The molecule has 1 heterocycles. The number of carbonyl (C=O) groups excluding carboxylic acids is 1. The number of aromatic nitrogens is 2. The summed E-state index contributed by atoms with van der Waals surface area (Å²) in [7, 11) is 0. The molecule has 60 valence electrons. The lowest BCUT2D eigenvalue weighted by Gasteiger charge is -2.01. The molecule has 1 atom stereocenters. The molecule has 0 radical (unpaired) electrons. The Morgan fingerprint density at radius 1 is 1.82 bits per heavy atom. The fourth-order valence-corrected chi connectivity index (χ4v) is 1.26. The van der Waals surface area contributed by atoms with Crippen molar-refractivity contribution < 1.29 is 9.90 Å². The van der Waals surface area contributed by atoms with E-state index in [1.807, 2.05) is 0 Å². The lowest BCUT2D eigenvalue weighted by molar-refractivity contribution is -0.126. The zero-order chi connectivity index (χ0) is 8.43. The Labute approximate surface area is 67.0 Å². The van der Waals surface area contributed by atoms with Crippen molar-refractivity contribution in [2.45, 2.75) is 13.0 Å². The zero-order valence-electron chi connectivity index (χ0n) is 5.81. The highest BCUT2D eigenvalue weighted by Gasteiger charge is 2.18. The Balaban J connectivity index is 2.92. The van der Waals surface area contributed by atoms with Crippen molar-refractivity contribution in [3.63, 3.8) is 0 Å². The van der Waals surface area contributed by atoms with E-state index in [2.05, 4.69) is 9.59 Å². The van der Waals surface area contributed by atoms with Crippen LogP contribution in [0.15, 0.2) is 0 Å². The van der Waals surface area contributed by atoms with Gasteiger partial charge in [0.15, 0.2) is 6.10 Å². The molecule has 1 aromatic rings. The van der Waals surface area contributed by atoms with Crippen molar-refractivity contribution in [2.75, 3.05) is 0 Å². The third-order valence-electron chi connectivity index (χ3n) is 1.20. The summed E-state index contributed by atoms with van der Waals surface area (Å²) >= 11 is 0.974. The molecule has 0 aliphatic heterocycles. The molecule has 0 fully saturated rings. The largest absolute Gasteiger partial charge is 0.378 e. The second kappa shape index (κ2) is 2.93. The number of nitrogens with zero attached hydrogens (tertiary/aromatic N) is 2. The number of primary amides is 1. The smallest absolute Gasteiger partial charge is 0.251 e. The standard InChI is InChI=1S/C5H7N3O2S/c1-2-4(11-8-7-2)3(9)5(6)10/h3,9H,1H3,(H2,6,10). The molecule has 0 spiro atoms. The molecule has 0 bridgehead atoms. The van der Waals surface area contributed by atoms with Crippen molar-refractivity contribution in [1.29, 1.82) is 0 Å². The number of hydrogen-bond acceptors (Lipinski definition) is 5. The van der Waals surface area contributed by atoms with Crippen LogP contribution in [0.3, 0.4) is 0 Å². The van der Waals surface area contributed by atoms with Gasteiger partial charge in [-0.05, 0) is 18.5 Å². The van der Waals surface area contributed by atoms with E-state index in [1.54, 1.807) is 6.92 Å². The van der Waals surface area contributed by atoms with Gasteiger partial charge in [-0.1, -0.05) is 4.49 Å². The van der Waals surface area contributed by atoms with Crippen molar-refractivity contribution in [3.05, 3.63) is 10.6 Å². The Bertz CT molecular complexity index is 272. The van der Waals surface area contributed by atoms with E-state index in [1.165, 1.54) is 0 Å². The van der Waals surface area contributed by atoms with Crippen LogP contribution in [0.1, 0.15) is 16.7 Å². The Kier molecular flexibility index (Phi) is 2.16. The third-order valence-corrected chi connectivity index (χ3v) is 2.08. The van der Waals surface area contributed by atoms with Crippen molar-refractivity contribution in [2.24, 2.45) is 5.73 Å². The van der Waals surface area contributed by atoms with Crippen LogP contribution in [-0.2, 0) is 4.79 Å². The summed E-state index contributed by atoms with van der Waals surface area (Å²) in [4.78, 5) is 10.9. The molecule has 1 aromatic heterocycles. The summed E-state index contributed by atoms with van der Waals surface area (Å²) in [6.45, 7) is 1.66. The van der Waals surface area contributed by atoms with Gasteiger partial charge in [0.1, 0.15) is 0 Å². The molecule has 0 saturated heterocycles. The molecule has 0 aromatic carbocycles. The second-order valence-electron chi connectivity index (χ2n) is 2.03. The number of aliphatic hydroxyl groups is 1. The molecule has 3 N–H and O–H groups in total. The first-order valence-corrected chi connectivity index (χ1v) is 3.66. The minimum absolute atomic E-state index is 0.414. The van der Waals surface area contributed by atoms with E-state index in [0.717, 1.165) is 11.5 Å². The normalized spacial score (nSPS) is 12.9. The molecular formula is C5H7N3O2S. The van der Waals surface area contributed by atoms with Gasteiger partial charge in [-0.15, -0.1) is 5.10 Å². The molecule has 5 nitrogen and oxygen atoms in total. The maximum atomic E-state index is 10.5. The minimum atomic E-state index is -1.27. The van der Waals surface area contributed by atoms with Gasteiger partial charge in [0.2, 0.25) is 0 Å². The van der Waals surface area contributed by atoms with Crippen LogP contribution >= 0.6 is 11.5 Å². The number of amides is 1. The monoisotopic (exact) mass is 173 g/mol. The Morgan fingerprint density at radius 3 is 2.82 bits per heavy atom. The van der Waals surface area contributed by atoms with Gasteiger partial charge in [-0.25, -0.2) is 0 Å². The van der Waals surface area contributed by atoms with Crippen LogP contribution in [0.5, 0.6) is 0 Å². The van der Waals surface area contributed by atoms with Crippen LogP contribution in [0.4, 0.5) is 0 Å². The van der Waals surface area contributed by atoms with Gasteiger partial charge in [0.25, 0.3) is 5.91 Å². The lowest BCUT2D eigenvalue weighted by Crippen LogP contribution is -2.20. The van der Waals surface area contributed by atoms with Gasteiger partial charge in [0.05, 0.1) is 10.6 Å². The Hall–Kier alpha value is -1.01. The number of carbonyl (C=O) groups is 1. The number of rotatable bonds is 2. The van der Waals surface area contributed by atoms with E-state index in [-0.39, 0.29) is 0 Å². The van der Waals surface area contributed by atoms with Gasteiger partial charge >= 0.3 is 0 Å². The van der Waals surface area contributed by atoms with Crippen LogP contribution < -0.4 is 5.73 Å². The van der Waals surface area contributed by atoms with Crippen LogP contribution in [-0.4, -0.2) is 20.6 Å². The van der Waals surface area contributed by atoms with Crippen molar-refractivity contribution >= 4 is 17.4 Å². The average Bonchev–Trinajstić information content (AvgIpc) is 2.33. The third kappa shape index (κ3) is 1.52. The summed E-state index contributed by atoms with van der Waals surface area (Å²) < 4.78 is 3.55. The fourth-order valence-electron chi connectivity index (χ4n) is 0.618. The molecular weight excluding hydrogens is 166 g/mol. The highest BCUT2D eigenvalue weighted by atomic mass is 32.1. The van der Waals surface area contributed by atoms with E-state index in [4.69, 9.17) is 10.8 Å². The highest BCUT2D eigenvalue weighted by molar-refractivity contribution is 7.05. The lowest BCUT2D eigenvalue weighted by atomic mass is 10.2. The average molecular weight is 173 g/mol. The first-order valence-electron chi connectivity index (χ1n) is 2.89. The Morgan fingerprint density at radius 2 is 2.45 bits per heavy atom. The van der Waals surface area contributed by atoms with Crippen LogP contribution in [0.2, 0.25) is 0 Å². The number of aryl methyl sites for hydroxylation is 1. The number of aliphatic hydroxyl groups excluding tert-OH is 1. The van der Waals surface area contributed by atoms with E-state index >= 15 is 0 Å².